The van der Waals surface area contributed by atoms with Gasteiger partial charge in [-0.25, -0.2) is 22.6 Å². The van der Waals surface area contributed by atoms with Crippen molar-refractivity contribution in [1.82, 2.24) is 13.9 Å². The smallest absolute Gasteiger partial charge is 0.363 e. The third-order valence-electron chi connectivity index (χ3n) is 2.55. The summed E-state index contributed by atoms with van der Waals surface area (Å²) < 4.78 is 38.8. The molecule has 0 radical (unpaired) electrons. The first-order valence-corrected chi connectivity index (χ1v) is 7.57. The van der Waals surface area contributed by atoms with Crippen LogP contribution < -0.4 is 5.69 Å². The highest BCUT2D eigenvalue weighted by Crippen LogP contribution is 2.15. The Hall–Kier alpha value is -2.55. The average Bonchev–Trinajstić information content (AvgIpc) is 2.48. The third kappa shape index (κ3) is 3.19. The molecule has 0 saturated carbocycles. The third-order valence-corrected chi connectivity index (χ3v) is 4.19. The largest absolute Gasteiger partial charge is 0.369 e. The van der Waals surface area contributed by atoms with Crippen LogP contribution in [0.25, 0.3) is 0 Å². The molecule has 0 bridgehead atoms. The summed E-state index contributed by atoms with van der Waals surface area (Å²) in [6, 6.07) is 7.23. The van der Waals surface area contributed by atoms with E-state index in [0.29, 0.717) is 6.20 Å². The fourth-order valence-corrected chi connectivity index (χ4v) is 2.75. The molecule has 2 rings (SSSR count). The Kier molecular flexibility index (Phi) is 4.36. The predicted molar refractivity (Wildman–Crippen MR) is 79.3 cm³/mol. The maximum Gasteiger partial charge on any atom is 0.363 e. The van der Waals surface area contributed by atoms with Crippen molar-refractivity contribution >= 4 is 22.2 Å². The molecule has 0 aliphatic rings. The molecule has 0 aliphatic heterocycles. The van der Waals surface area contributed by atoms with Gasteiger partial charge in [-0.1, -0.05) is 18.2 Å². The van der Waals surface area contributed by atoms with Gasteiger partial charge in [0, 0.05) is 14.1 Å². The van der Waals surface area contributed by atoms with Crippen LogP contribution in [0.1, 0.15) is 0 Å². The van der Waals surface area contributed by atoms with E-state index in [1.54, 1.807) is 20.2 Å². The van der Waals surface area contributed by atoms with Crippen molar-refractivity contribution in [2.45, 2.75) is 4.90 Å². The predicted octanol–water partition coefficient (Wildman–Crippen LogP) is 0.841. The summed E-state index contributed by atoms with van der Waals surface area (Å²) in [7, 11) is -0.890. The van der Waals surface area contributed by atoms with E-state index < -0.39 is 27.3 Å². The molecule has 1 aromatic heterocycles. The number of nitrogens with zero attached hydrogens (tertiary/aromatic N) is 4. The molecular weight excluding hydrogens is 311 g/mol. The molecular formula is C13H13FN4O3S. The Labute approximate surface area is 126 Å². The van der Waals surface area contributed by atoms with Crippen molar-refractivity contribution in [3.8, 4) is 0 Å². The highest BCUT2D eigenvalue weighted by molar-refractivity contribution is 7.90. The highest BCUT2D eigenvalue weighted by Gasteiger charge is 2.20. The molecule has 0 saturated heterocycles. The first kappa shape index (κ1) is 15.8. The molecule has 7 nitrogen and oxygen atoms in total. The Morgan fingerprint density at radius 3 is 2.50 bits per heavy atom. The van der Waals surface area contributed by atoms with Crippen molar-refractivity contribution in [2.75, 3.05) is 14.1 Å². The zero-order valence-corrected chi connectivity index (χ0v) is 12.7. The molecule has 116 valence electrons. The first-order valence-electron chi connectivity index (χ1n) is 6.13. The van der Waals surface area contributed by atoms with Gasteiger partial charge in [0.1, 0.15) is 0 Å². The topological polar surface area (TPSA) is 84.6 Å². The van der Waals surface area contributed by atoms with Gasteiger partial charge in [-0.05, 0) is 12.1 Å². The van der Waals surface area contributed by atoms with Crippen LogP contribution >= 0.6 is 0 Å². The second-order valence-electron chi connectivity index (χ2n) is 4.52. The monoisotopic (exact) mass is 324 g/mol. The molecule has 2 aromatic rings. The SMILES string of the molecule is CN(C)/C=N\c1nc(=O)n(S(=O)(=O)c2ccccc2)cc1F. The van der Waals surface area contributed by atoms with E-state index in [1.165, 1.54) is 35.5 Å². The van der Waals surface area contributed by atoms with Crippen molar-refractivity contribution in [3.63, 3.8) is 0 Å². The van der Waals surface area contributed by atoms with Gasteiger partial charge in [0.2, 0.25) is 0 Å². The van der Waals surface area contributed by atoms with Gasteiger partial charge in [0.15, 0.2) is 11.6 Å². The number of aliphatic imine (C=N–C) groups is 1. The first-order chi connectivity index (χ1) is 10.3. The maximum atomic E-state index is 13.9. The molecule has 0 aliphatic carbocycles. The summed E-state index contributed by atoms with van der Waals surface area (Å²) in [5.41, 5.74) is -1.13. The maximum absolute atomic E-state index is 13.9. The van der Waals surface area contributed by atoms with Gasteiger partial charge < -0.3 is 4.90 Å². The molecule has 22 heavy (non-hydrogen) atoms. The van der Waals surface area contributed by atoms with Crippen molar-refractivity contribution < 1.29 is 12.8 Å². The number of hydrogen-bond donors (Lipinski definition) is 0. The van der Waals surface area contributed by atoms with Crippen LogP contribution in [0.3, 0.4) is 0 Å². The lowest BCUT2D eigenvalue weighted by atomic mass is 10.4. The lowest BCUT2D eigenvalue weighted by Crippen LogP contribution is -2.29. The summed E-state index contributed by atoms with van der Waals surface area (Å²) in [4.78, 5) is 20.3. The van der Waals surface area contributed by atoms with Crippen LogP contribution in [-0.4, -0.2) is 42.7 Å². The van der Waals surface area contributed by atoms with Gasteiger partial charge in [-0.2, -0.15) is 8.96 Å². The van der Waals surface area contributed by atoms with Crippen LogP contribution in [-0.2, 0) is 10.0 Å². The minimum atomic E-state index is -4.20. The van der Waals surface area contributed by atoms with E-state index in [0.717, 1.165) is 0 Å². The van der Waals surface area contributed by atoms with Crippen molar-refractivity contribution in [2.24, 2.45) is 4.99 Å². The van der Waals surface area contributed by atoms with Crippen LogP contribution in [0.4, 0.5) is 10.2 Å². The lowest BCUT2D eigenvalue weighted by Gasteiger charge is -2.08. The zero-order valence-electron chi connectivity index (χ0n) is 11.8. The van der Waals surface area contributed by atoms with Crippen LogP contribution in [0.5, 0.6) is 0 Å². The van der Waals surface area contributed by atoms with Crippen LogP contribution in [0, 0.1) is 5.82 Å². The number of benzene rings is 1. The summed E-state index contributed by atoms with van der Waals surface area (Å²) in [6.07, 6.45) is 1.82. The molecule has 0 unspecified atom stereocenters. The van der Waals surface area contributed by atoms with Gasteiger partial charge in [-0.15, -0.1) is 0 Å². The Morgan fingerprint density at radius 2 is 1.91 bits per heavy atom. The Balaban J connectivity index is 2.55. The van der Waals surface area contributed by atoms with E-state index in [-0.39, 0.29) is 8.87 Å². The minimum absolute atomic E-state index is 0.136. The van der Waals surface area contributed by atoms with Gasteiger partial charge in [-0.3, -0.25) is 0 Å². The highest BCUT2D eigenvalue weighted by atomic mass is 32.2. The van der Waals surface area contributed by atoms with Gasteiger partial charge in [0.05, 0.1) is 17.4 Å². The summed E-state index contributed by atoms with van der Waals surface area (Å²) in [5.74, 6) is -1.49. The van der Waals surface area contributed by atoms with Crippen LogP contribution in [0.2, 0.25) is 0 Å². The summed E-state index contributed by atoms with van der Waals surface area (Å²) in [5, 5.41) is 0. The van der Waals surface area contributed by atoms with Crippen molar-refractivity contribution in [3.05, 3.63) is 52.8 Å². The number of halogens is 1. The standard InChI is InChI=1S/C13H13FN4O3S/c1-17(2)9-15-12-11(14)8-18(13(19)16-12)22(20,21)10-6-4-3-5-7-10/h3-9H,1-2H3/b15-9-. The number of aromatic nitrogens is 2. The molecule has 0 N–H and O–H groups in total. The van der Waals surface area contributed by atoms with Crippen molar-refractivity contribution in [1.29, 1.82) is 0 Å². The Morgan fingerprint density at radius 1 is 1.27 bits per heavy atom. The number of rotatable bonds is 4. The van der Waals surface area contributed by atoms with Gasteiger partial charge in [0.25, 0.3) is 10.0 Å². The molecule has 0 atom stereocenters. The second-order valence-corrected chi connectivity index (χ2v) is 6.33. The average molecular weight is 324 g/mol. The zero-order chi connectivity index (χ0) is 16.3. The molecule has 0 fully saturated rings. The Bertz CT molecular complexity index is 861. The number of hydrogen-bond acceptors (Lipinski definition) is 5. The van der Waals surface area contributed by atoms with E-state index in [2.05, 4.69) is 9.98 Å². The molecule has 0 amide bonds. The quantitative estimate of drug-likeness (QED) is 0.614. The van der Waals surface area contributed by atoms with E-state index in [9.17, 15) is 17.6 Å². The van der Waals surface area contributed by atoms with Crippen LogP contribution in [0.15, 0.2) is 51.2 Å². The van der Waals surface area contributed by atoms with E-state index in [4.69, 9.17) is 0 Å². The molecule has 1 aromatic carbocycles. The molecule has 0 spiro atoms. The minimum Gasteiger partial charge on any atom is -0.369 e. The van der Waals surface area contributed by atoms with E-state index >= 15 is 0 Å². The second kappa shape index (κ2) is 6.06. The van der Waals surface area contributed by atoms with E-state index in [1.807, 2.05) is 0 Å². The van der Waals surface area contributed by atoms with Gasteiger partial charge >= 0.3 is 5.69 Å². The lowest BCUT2D eigenvalue weighted by molar-refractivity contribution is 0.571. The molecule has 1 heterocycles. The molecule has 9 heteroatoms. The fourth-order valence-electron chi connectivity index (χ4n) is 1.55. The fraction of sp³-hybridized carbons (Fsp3) is 0.154. The summed E-state index contributed by atoms with van der Waals surface area (Å²) >= 11 is 0. The normalized spacial score (nSPS) is 11.8. The summed E-state index contributed by atoms with van der Waals surface area (Å²) in [6.45, 7) is 0.